The maximum atomic E-state index is 13.1. The molecular weight excluding hydrogens is 314 g/mol. The summed E-state index contributed by atoms with van der Waals surface area (Å²) in [6, 6.07) is 17.4. The standard InChI is InChI=1S/C20H19N3O2/c24-20(18-10-3-7-15-6-1-2-9-17(15)18)23-13-5-8-16(14-23)25-19-11-4-12-21-22-19/h1-4,6-7,9-12,16H,5,8,13-14H2. The Hall–Kier alpha value is -2.95. The van der Waals surface area contributed by atoms with E-state index in [2.05, 4.69) is 10.2 Å². The molecule has 126 valence electrons. The van der Waals surface area contributed by atoms with E-state index in [0.717, 1.165) is 35.7 Å². The Bertz CT molecular complexity index is 877. The molecule has 1 aromatic heterocycles. The Morgan fingerprint density at radius 2 is 1.96 bits per heavy atom. The number of rotatable bonds is 3. The van der Waals surface area contributed by atoms with Crippen molar-refractivity contribution in [2.75, 3.05) is 13.1 Å². The first kappa shape index (κ1) is 15.6. The summed E-state index contributed by atoms with van der Waals surface area (Å²) >= 11 is 0. The molecule has 1 atom stereocenters. The second-order valence-electron chi connectivity index (χ2n) is 6.22. The van der Waals surface area contributed by atoms with Crippen molar-refractivity contribution in [3.63, 3.8) is 0 Å². The zero-order chi connectivity index (χ0) is 17.1. The van der Waals surface area contributed by atoms with E-state index in [1.807, 2.05) is 47.4 Å². The van der Waals surface area contributed by atoms with Crippen molar-refractivity contribution < 1.29 is 9.53 Å². The first-order valence-corrected chi connectivity index (χ1v) is 8.53. The highest BCUT2D eigenvalue weighted by Gasteiger charge is 2.26. The molecule has 25 heavy (non-hydrogen) atoms. The Balaban J connectivity index is 1.53. The highest BCUT2D eigenvalue weighted by Crippen LogP contribution is 2.23. The monoisotopic (exact) mass is 333 g/mol. The third kappa shape index (κ3) is 3.31. The van der Waals surface area contributed by atoms with Gasteiger partial charge in [0.25, 0.3) is 5.91 Å². The molecule has 1 aliphatic rings. The van der Waals surface area contributed by atoms with Crippen LogP contribution in [0.5, 0.6) is 5.88 Å². The fraction of sp³-hybridized carbons (Fsp3) is 0.250. The smallest absolute Gasteiger partial charge is 0.254 e. The van der Waals surface area contributed by atoms with Gasteiger partial charge in [0.1, 0.15) is 6.10 Å². The molecule has 1 unspecified atom stereocenters. The van der Waals surface area contributed by atoms with E-state index in [1.165, 1.54) is 0 Å². The number of piperidine rings is 1. The number of ether oxygens (including phenoxy) is 1. The minimum Gasteiger partial charge on any atom is -0.471 e. The number of amides is 1. The van der Waals surface area contributed by atoms with Crippen molar-refractivity contribution in [2.24, 2.45) is 0 Å². The van der Waals surface area contributed by atoms with E-state index in [9.17, 15) is 4.79 Å². The van der Waals surface area contributed by atoms with Crippen molar-refractivity contribution in [2.45, 2.75) is 18.9 Å². The van der Waals surface area contributed by atoms with Crippen LogP contribution in [-0.2, 0) is 0 Å². The second kappa shape index (κ2) is 6.89. The number of fused-ring (bicyclic) bond motifs is 1. The minimum atomic E-state index is -0.0515. The van der Waals surface area contributed by atoms with Crippen molar-refractivity contribution in [1.29, 1.82) is 0 Å². The van der Waals surface area contributed by atoms with E-state index < -0.39 is 0 Å². The highest BCUT2D eigenvalue weighted by molar-refractivity contribution is 6.07. The third-order valence-corrected chi connectivity index (χ3v) is 4.52. The number of hydrogen-bond acceptors (Lipinski definition) is 4. The molecule has 0 spiro atoms. The lowest BCUT2D eigenvalue weighted by atomic mass is 10.0. The number of nitrogens with zero attached hydrogens (tertiary/aromatic N) is 3. The number of hydrogen-bond donors (Lipinski definition) is 0. The Morgan fingerprint density at radius 3 is 2.84 bits per heavy atom. The van der Waals surface area contributed by atoms with Gasteiger partial charge in [0.2, 0.25) is 5.88 Å². The quantitative estimate of drug-likeness (QED) is 0.738. The maximum Gasteiger partial charge on any atom is 0.254 e. The molecular formula is C20H19N3O2. The van der Waals surface area contributed by atoms with Crippen LogP contribution in [-0.4, -0.2) is 40.2 Å². The third-order valence-electron chi connectivity index (χ3n) is 4.52. The van der Waals surface area contributed by atoms with Gasteiger partial charge in [-0.1, -0.05) is 36.4 Å². The largest absolute Gasteiger partial charge is 0.471 e. The van der Waals surface area contributed by atoms with E-state index in [0.29, 0.717) is 12.4 Å². The summed E-state index contributed by atoms with van der Waals surface area (Å²) in [5.41, 5.74) is 0.748. The normalized spacial score (nSPS) is 17.4. The molecule has 0 radical (unpaired) electrons. The average molecular weight is 333 g/mol. The first-order valence-electron chi connectivity index (χ1n) is 8.53. The number of benzene rings is 2. The fourth-order valence-corrected chi connectivity index (χ4v) is 3.32. The highest BCUT2D eigenvalue weighted by atomic mass is 16.5. The maximum absolute atomic E-state index is 13.1. The SMILES string of the molecule is O=C(c1cccc2ccccc12)N1CCCC(Oc2cccnn2)C1. The Labute approximate surface area is 146 Å². The van der Waals surface area contributed by atoms with Gasteiger partial charge in [-0.25, -0.2) is 0 Å². The summed E-state index contributed by atoms with van der Waals surface area (Å²) in [5, 5.41) is 9.87. The molecule has 4 rings (SSSR count). The van der Waals surface area contributed by atoms with Crippen LogP contribution in [0, 0.1) is 0 Å². The molecule has 2 heterocycles. The molecule has 0 saturated carbocycles. The fourth-order valence-electron chi connectivity index (χ4n) is 3.32. The zero-order valence-corrected chi connectivity index (χ0v) is 13.8. The van der Waals surface area contributed by atoms with Crippen molar-refractivity contribution in [3.8, 4) is 5.88 Å². The van der Waals surface area contributed by atoms with Gasteiger partial charge in [-0.15, -0.1) is 5.10 Å². The lowest BCUT2D eigenvalue weighted by molar-refractivity contribution is 0.0527. The summed E-state index contributed by atoms with van der Waals surface area (Å²) in [6.07, 6.45) is 3.39. The summed E-state index contributed by atoms with van der Waals surface area (Å²) in [4.78, 5) is 14.9. The van der Waals surface area contributed by atoms with Gasteiger partial charge in [0, 0.05) is 24.4 Å². The predicted molar refractivity (Wildman–Crippen MR) is 95.5 cm³/mol. The van der Waals surface area contributed by atoms with E-state index in [4.69, 9.17) is 4.74 Å². The predicted octanol–water partition coefficient (Wildman–Crippen LogP) is 3.31. The molecule has 1 amide bonds. The number of carbonyl (C=O) groups is 1. The number of likely N-dealkylation sites (tertiary alicyclic amines) is 1. The summed E-state index contributed by atoms with van der Waals surface area (Å²) in [6.45, 7) is 1.32. The van der Waals surface area contributed by atoms with Crippen LogP contribution in [0.3, 0.4) is 0 Å². The van der Waals surface area contributed by atoms with E-state index >= 15 is 0 Å². The van der Waals surface area contributed by atoms with Crippen LogP contribution in [0.4, 0.5) is 0 Å². The van der Waals surface area contributed by atoms with Crippen LogP contribution in [0.1, 0.15) is 23.2 Å². The van der Waals surface area contributed by atoms with Crippen molar-refractivity contribution in [3.05, 3.63) is 66.4 Å². The molecule has 0 aliphatic carbocycles. The molecule has 2 aromatic carbocycles. The lowest BCUT2D eigenvalue weighted by Gasteiger charge is -2.32. The number of aromatic nitrogens is 2. The van der Waals surface area contributed by atoms with E-state index in [-0.39, 0.29) is 12.0 Å². The minimum absolute atomic E-state index is 0.0515. The van der Waals surface area contributed by atoms with Gasteiger partial charge in [-0.05, 0) is 35.7 Å². The summed E-state index contributed by atoms with van der Waals surface area (Å²) in [7, 11) is 0. The topological polar surface area (TPSA) is 55.3 Å². The van der Waals surface area contributed by atoms with Crippen LogP contribution in [0.15, 0.2) is 60.8 Å². The van der Waals surface area contributed by atoms with Crippen molar-refractivity contribution >= 4 is 16.7 Å². The summed E-state index contributed by atoms with van der Waals surface area (Å²) < 4.78 is 5.89. The molecule has 1 saturated heterocycles. The molecule has 1 aliphatic heterocycles. The van der Waals surface area contributed by atoms with Crippen LogP contribution in [0.2, 0.25) is 0 Å². The molecule has 0 bridgehead atoms. The van der Waals surface area contributed by atoms with Gasteiger partial charge >= 0.3 is 0 Å². The molecule has 1 fully saturated rings. The van der Waals surface area contributed by atoms with Crippen LogP contribution < -0.4 is 4.74 Å². The molecule has 0 N–H and O–H groups in total. The van der Waals surface area contributed by atoms with Crippen LogP contribution >= 0.6 is 0 Å². The first-order chi connectivity index (χ1) is 12.3. The van der Waals surface area contributed by atoms with E-state index in [1.54, 1.807) is 18.3 Å². The van der Waals surface area contributed by atoms with Crippen molar-refractivity contribution in [1.82, 2.24) is 15.1 Å². The number of carbonyl (C=O) groups excluding carboxylic acids is 1. The van der Waals surface area contributed by atoms with Gasteiger partial charge in [0.15, 0.2) is 0 Å². The average Bonchev–Trinajstić information content (AvgIpc) is 2.68. The lowest BCUT2D eigenvalue weighted by Crippen LogP contribution is -2.44. The summed E-state index contributed by atoms with van der Waals surface area (Å²) in [5.74, 6) is 0.566. The van der Waals surface area contributed by atoms with Gasteiger partial charge < -0.3 is 9.64 Å². The Kier molecular flexibility index (Phi) is 4.29. The van der Waals surface area contributed by atoms with Gasteiger partial charge in [-0.3, -0.25) is 4.79 Å². The van der Waals surface area contributed by atoms with Gasteiger partial charge in [0.05, 0.1) is 6.54 Å². The molecule has 5 heteroatoms. The molecule has 3 aromatic rings. The Morgan fingerprint density at radius 1 is 1.08 bits per heavy atom. The van der Waals surface area contributed by atoms with Gasteiger partial charge in [-0.2, -0.15) is 5.10 Å². The zero-order valence-electron chi connectivity index (χ0n) is 13.8. The second-order valence-corrected chi connectivity index (χ2v) is 6.22. The van der Waals surface area contributed by atoms with Crippen LogP contribution in [0.25, 0.3) is 10.8 Å². The molecule has 5 nitrogen and oxygen atoms in total.